The van der Waals surface area contributed by atoms with Crippen molar-refractivity contribution < 1.29 is 28.9 Å². The molecule has 3 fully saturated rings. The van der Waals surface area contributed by atoms with Crippen molar-refractivity contribution in [2.75, 3.05) is 7.11 Å². The molecule has 178 valence electrons. The molecule has 0 aromatic rings. The van der Waals surface area contributed by atoms with Crippen LogP contribution in [-0.2, 0) is 28.9 Å². The molecule has 4 aliphatic carbocycles. The van der Waals surface area contributed by atoms with Gasteiger partial charge in [-0.1, -0.05) is 19.4 Å². The number of esters is 1. The number of allylic oxidation sites excluding steroid dienone is 1. The Morgan fingerprint density at radius 3 is 2.47 bits per heavy atom. The van der Waals surface area contributed by atoms with Gasteiger partial charge in [0, 0.05) is 24.7 Å². The molecule has 0 heterocycles. The summed E-state index contributed by atoms with van der Waals surface area (Å²) in [7, 11) is 1.37. The van der Waals surface area contributed by atoms with Crippen LogP contribution in [0.25, 0.3) is 0 Å². The van der Waals surface area contributed by atoms with E-state index in [-0.39, 0.29) is 35.3 Å². The number of unbranched alkanes of at least 4 members (excludes halogenated alkanes) is 1. The summed E-state index contributed by atoms with van der Waals surface area (Å²) in [6.07, 6.45) is 11.8. The Balaban J connectivity index is 1.32. The topological polar surface area (TPSA) is 78.9 Å². The molecule has 4 rings (SSSR count). The zero-order valence-electron chi connectivity index (χ0n) is 19.8. The van der Waals surface area contributed by atoms with Gasteiger partial charge in [0.15, 0.2) is 5.78 Å². The molecule has 0 amide bonds. The van der Waals surface area contributed by atoms with Crippen LogP contribution >= 0.6 is 0 Å². The minimum atomic E-state index is -0.359. The lowest BCUT2D eigenvalue weighted by Crippen LogP contribution is -2.51. The zero-order chi connectivity index (χ0) is 22.9. The lowest BCUT2D eigenvalue weighted by atomic mass is 9.47. The lowest BCUT2D eigenvalue weighted by molar-refractivity contribution is -0.317. The molecule has 32 heavy (non-hydrogen) atoms. The van der Waals surface area contributed by atoms with Gasteiger partial charge >= 0.3 is 11.9 Å². The van der Waals surface area contributed by atoms with Crippen LogP contribution in [0, 0.1) is 28.6 Å². The maximum Gasteiger partial charge on any atom is 0.342 e. The molecule has 6 heteroatoms. The van der Waals surface area contributed by atoms with Crippen LogP contribution in [0.3, 0.4) is 0 Å². The quantitative estimate of drug-likeness (QED) is 0.234. The number of fused-ring (bicyclic) bond motifs is 5. The predicted octanol–water partition coefficient (Wildman–Crippen LogP) is 5.10. The molecule has 0 unspecified atom stereocenters. The summed E-state index contributed by atoms with van der Waals surface area (Å²) < 4.78 is 4.61. The van der Waals surface area contributed by atoms with Crippen LogP contribution < -0.4 is 0 Å². The van der Waals surface area contributed by atoms with Gasteiger partial charge in [-0.15, -0.1) is 0 Å². The van der Waals surface area contributed by atoms with Crippen LogP contribution in [0.15, 0.2) is 11.6 Å². The van der Waals surface area contributed by atoms with Gasteiger partial charge in [0.25, 0.3) is 0 Å². The summed E-state index contributed by atoms with van der Waals surface area (Å²) in [4.78, 5) is 46.3. The fourth-order valence-corrected chi connectivity index (χ4v) is 7.46. The van der Waals surface area contributed by atoms with E-state index in [9.17, 15) is 14.4 Å². The van der Waals surface area contributed by atoms with Crippen molar-refractivity contribution in [3.63, 3.8) is 0 Å². The molecular formula is C26H38O6. The van der Waals surface area contributed by atoms with E-state index in [4.69, 9.17) is 9.78 Å². The van der Waals surface area contributed by atoms with E-state index in [1.54, 1.807) is 0 Å². The first-order valence-corrected chi connectivity index (χ1v) is 12.4. The third kappa shape index (κ3) is 4.27. The highest BCUT2D eigenvalue weighted by Gasteiger charge is 2.59. The van der Waals surface area contributed by atoms with E-state index in [0.29, 0.717) is 49.2 Å². The third-order valence-electron chi connectivity index (χ3n) is 9.37. The first-order chi connectivity index (χ1) is 15.3. The Morgan fingerprint density at radius 1 is 0.969 bits per heavy atom. The molecule has 0 aromatic carbocycles. The van der Waals surface area contributed by atoms with E-state index < -0.39 is 0 Å². The van der Waals surface area contributed by atoms with E-state index in [1.807, 2.05) is 6.08 Å². The van der Waals surface area contributed by atoms with Crippen molar-refractivity contribution in [3.05, 3.63) is 11.6 Å². The predicted molar refractivity (Wildman–Crippen MR) is 118 cm³/mol. The van der Waals surface area contributed by atoms with Crippen molar-refractivity contribution in [1.29, 1.82) is 0 Å². The summed E-state index contributed by atoms with van der Waals surface area (Å²) >= 11 is 0. The van der Waals surface area contributed by atoms with Crippen molar-refractivity contribution in [1.82, 2.24) is 0 Å². The molecule has 0 aromatic heterocycles. The van der Waals surface area contributed by atoms with Gasteiger partial charge in [-0.3, -0.25) is 14.5 Å². The molecule has 4 aliphatic rings. The molecule has 0 bridgehead atoms. The highest BCUT2D eigenvalue weighted by Crippen LogP contribution is 2.65. The molecular weight excluding hydrogens is 408 g/mol. The van der Waals surface area contributed by atoms with Gasteiger partial charge < -0.3 is 4.74 Å². The number of hydrogen-bond donors (Lipinski definition) is 0. The Morgan fingerprint density at radius 2 is 1.72 bits per heavy atom. The standard InChI is InChI=1S/C26H38O6/c1-25-14-12-18(27)16-17(25)8-9-19-20-10-11-22(26(20,2)15-13-21(19)25)31-32-24(29)7-5-4-6-23(28)30-3/h16,19-22H,4-15H2,1-3H3/t19-,20-,21-,22-,25-,26-/m0/s1. The van der Waals surface area contributed by atoms with E-state index in [2.05, 4.69) is 18.6 Å². The Bertz CT molecular complexity index is 787. The molecule has 0 saturated heterocycles. The second-order valence-electron chi connectivity index (χ2n) is 10.9. The third-order valence-corrected chi connectivity index (χ3v) is 9.37. The maximum absolute atomic E-state index is 12.1. The van der Waals surface area contributed by atoms with Crippen LogP contribution in [0.2, 0.25) is 0 Å². The van der Waals surface area contributed by atoms with Crippen molar-refractivity contribution >= 4 is 17.7 Å². The van der Waals surface area contributed by atoms with E-state index in [0.717, 1.165) is 44.9 Å². The lowest BCUT2D eigenvalue weighted by Gasteiger charge is -2.57. The second-order valence-corrected chi connectivity index (χ2v) is 10.9. The smallest absolute Gasteiger partial charge is 0.342 e. The van der Waals surface area contributed by atoms with Gasteiger partial charge in [0.1, 0.15) is 6.10 Å². The van der Waals surface area contributed by atoms with Gasteiger partial charge in [-0.2, -0.15) is 4.89 Å². The average Bonchev–Trinajstić information content (AvgIpc) is 3.11. The minimum absolute atomic E-state index is 0.0361. The van der Waals surface area contributed by atoms with Gasteiger partial charge in [-0.05, 0) is 87.0 Å². The normalized spacial score (nSPS) is 38.2. The van der Waals surface area contributed by atoms with E-state index in [1.165, 1.54) is 12.7 Å². The van der Waals surface area contributed by atoms with E-state index >= 15 is 0 Å². The Labute approximate surface area is 191 Å². The number of methoxy groups -OCH3 is 1. The summed E-state index contributed by atoms with van der Waals surface area (Å²) in [5.74, 6) is 1.58. The molecule has 0 aliphatic heterocycles. The summed E-state index contributed by atoms with van der Waals surface area (Å²) in [5.41, 5.74) is 1.60. The molecule has 3 saturated carbocycles. The number of ketones is 1. The number of carbonyl (C=O) groups excluding carboxylic acids is 3. The highest BCUT2D eigenvalue weighted by atomic mass is 17.2. The number of rotatable bonds is 7. The first kappa shape index (κ1) is 23.5. The fraction of sp³-hybridized carbons (Fsp3) is 0.808. The molecule has 0 N–H and O–H groups in total. The summed E-state index contributed by atoms with van der Waals surface area (Å²) in [6, 6.07) is 0. The van der Waals surface area contributed by atoms with Gasteiger partial charge in [0.05, 0.1) is 7.11 Å². The summed E-state index contributed by atoms with van der Waals surface area (Å²) in [6.45, 7) is 4.73. The minimum Gasteiger partial charge on any atom is -0.469 e. The molecule has 6 atom stereocenters. The van der Waals surface area contributed by atoms with Crippen molar-refractivity contribution in [3.8, 4) is 0 Å². The summed E-state index contributed by atoms with van der Waals surface area (Å²) in [5, 5.41) is 0. The molecule has 0 spiro atoms. The maximum atomic E-state index is 12.1. The van der Waals surface area contributed by atoms with Gasteiger partial charge in [-0.25, -0.2) is 4.79 Å². The average molecular weight is 447 g/mol. The van der Waals surface area contributed by atoms with Crippen molar-refractivity contribution in [2.24, 2.45) is 28.6 Å². The zero-order valence-corrected chi connectivity index (χ0v) is 19.8. The second kappa shape index (κ2) is 9.28. The Hall–Kier alpha value is -1.69. The van der Waals surface area contributed by atoms with Crippen LogP contribution in [0.4, 0.5) is 0 Å². The SMILES string of the molecule is COC(=O)CCCCC(=O)OO[C@H]1CC[C@H]2[C@@H]3CCC4=CC(=O)CC[C@]4(C)[C@H]3CC[C@]12C. The van der Waals surface area contributed by atoms with Crippen LogP contribution in [0.1, 0.15) is 90.9 Å². The number of ether oxygens (including phenoxy) is 1. The van der Waals surface area contributed by atoms with Gasteiger partial charge in [0.2, 0.25) is 0 Å². The highest BCUT2D eigenvalue weighted by molar-refractivity contribution is 5.91. The Kier molecular flexibility index (Phi) is 6.81. The first-order valence-electron chi connectivity index (χ1n) is 12.4. The monoisotopic (exact) mass is 446 g/mol. The molecule has 6 nitrogen and oxygen atoms in total. The van der Waals surface area contributed by atoms with Crippen LogP contribution in [-0.4, -0.2) is 30.9 Å². The van der Waals surface area contributed by atoms with Crippen LogP contribution in [0.5, 0.6) is 0 Å². The van der Waals surface area contributed by atoms with Crippen molar-refractivity contribution in [2.45, 2.75) is 97.0 Å². The number of hydrogen-bond acceptors (Lipinski definition) is 6. The molecule has 0 radical (unpaired) electrons. The number of carbonyl (C=O) groups is 3. The largest absolute Gasteiger partial charge is 0.469 e. The fourth-order valence-electron chi connectivity index (χ4n) is 7.46.